The second kappa shape index (κ2) is 8.33. The van der Waals surface area contributed by atoms with Crippen molar-refractivity contribution in [1.82, 2.24) is 10.3 Å². The topological polar surface area (TPSA) is 113 Å². The number of carbonyl (C=O) groups is 3. The van der Waals surface area contributed by atoms with Gasteiger partial charge in [0.05, 0.1) is 28.2 Å². The number of aromatic amines is 1. The van der Waals surface area contributed by atoms with Crippen molar-refractivity contribution in [3.8, 4) is 11.5 Å². The number of imide groups is 1. The number of ether oxygens (including phenoxy) is 2. The number of anilines is 2. The minimum atomic E-state index is -1.45. The summed E-state index contributed by atoms with van der Waals surface area (Å²) in [4.78, 5) is 46.9. The fraction of sp³-hybridized carbons (Fsp3) is 0.233. The number of nitrogens with zero attached hydrogens (tertiary/aromatic N) is 1. The molecular weight excluding hydrogens is 532 g/mol. The van der Waals surface area contributed by atoms with Gasteiger partial charge in [0.1, 0.15) is 18.8 Å². The lowest BCUT2D eigenvalue weighted by Crippen LogP contribution is -2.53. The Morgan fingerprint density at radius 2 is 1.77 bits per heavy atom. The summed E-state index contributed by atoms with van der Waals surface area (Å²) in [6.07, 6.45) is 2.36. The molecule has 2 saturated heterocycles. The maximum Gasteiger partial charge on any atom is 0.250 e. The molecule has 1 aromatic heterocycles. The molecule has 4 atom stereocenters. The van der Waals surface area contributed by atoms with E-state index < -0.39 is 35.2 Å². The number of rotatable bonds is 3. The molecule has 0 aliphatic carbocycles. The van der Waals surface area contributed by atoms with Gasteiger partial charge in [-0.05, 0) is 36.2 Å². The molecule has 0 bridgehead atoms. The van der Waals surface area contributed by atoms with E-state index in [1.807, 2.05) is 30.5 Å². The molecule has 9 nitrogen and oxygen atoms in total. The number of hydrogen-bond acceptors (Lipinski definition) is 6. The van der Waals surface area contributed by atoms with E-state index in [0.717, 1.165) is 16.5 Å². The molecule has 0 saturated carbocycles. The smallest absolute Gasteiger partial charge is 0.250 e. The summed E-state index contributed by atoms with van der Waals surface area (Å²) in [5.41, 5.74) is 1.95. The number of H-pyrrole nitrogens is 1. The number of amides is 3. The summed E-state index contributed by atoms with van der Waals surface area (Å²) in [7, 11) is 0. The quantitative estimate of drug-likeness (QED) is 0.332. The zero-order chi connectivity index (χ0) is 27.2. The minimum absolute atomic E-state index is 0.357. The van der Waals surface area contributed by atoms with E-state index in [2.05, 4.69) is 15.6 Å². The Morgan fingerprint density at radius 3 is 2.65 bits per heavy atom. The summed E-state index contributed by atoms with van der Waals surface area (Å²) in [5.74, 6) is -1.91. The lowest BCUT2D eigenvalue weighted by Gasteiger charge is -2.30. The Bertz CT molecular complexity index is 1770. The maximum atomic E-state index is 14.3. The molecule has 1 spiro atoms. The Balaban J connectivity index is 1.27. The highest BCUT2D eigenvalue weighted by molar-refractivity contribution is 6.35. The standard InChI is InChI=1S/C30H23ClN4O5/c31-19-6-3-5-18-26(19)33-29(38)30(18)25-24(21(34-30)12-15-14-32-20-7-2-1-4-17(15)20)27(36)35(28(25)37)16-8-9-22-23(13-16)40-11-10-39-22/h1-9,13-14,21,24-25,32,34H,10-12H2,(H,33,38)/t21-,24-,25+,30+/m1/s1. The number of halogens is 1. The van der Waals surface area contributed by atoms with Crippen molar-refractivity contribution in [2.24, 2.45) is 11.8 Å². The van der Waals surface area contributed by atoms with Crippen LogP contribution in [0.5, 0.6) is 11.5 Å². The summed E-state index contributed by atoms with van der Waals surface area (Å²) in [5, 5.41) is 7.79. The van der Waals surface area contributed by atoms with Gasteiger partial charge in [-0.2, -0.15) is 0 Å². The van der Waals surface area contributed by atoms with Crippen molar-refractivity contribution in [2.75, 3.05) is 23.4 Å². The third-order valence-corrected chi connectivity index (χ3v) is 8.91. The average molecular weight is 555 g/mol. The van der Waals surface area contributed by atoms with Crippen LogP contribution < -0.4 is 25.0 Å². The Morgan fingerprint density at radius 1 is 0.950 bits per heavy atom. The minimum Gasteiger partial charge on any atom is -0.486 e. The molecule has 200 valence electrons. The highest BCUT2D eigenvalue weighted by Crippen LogP contribution is 2.55. The highest BCUT2D eigenvalue weighted by Gasteiger charge is 2.70. The van der Waals surface area contributed by atoms with Crippen LogP contribution in [0.2, 0.25) is 5.02 Å². The fourth-order valence-corrected chi connectivity index (χ4v) is 7.15. The van der Waals surface area contributed by atoms with Gasteiger partial charge in [-0.25, -0.2) is 4.90 Å². The fourth-order valence-electron chi connectivity index (χ4n) is 6.93. The number of benzene rings is 3. The molecule has 3 N–H and O–H groups in total. The van der Waals surface area contributed by atoms with Gasteiger partial charge in [0.25, 0.3) is 0 Å². The van der Waals surface area contributed by atoms with Gasteiger partial charge in [-0.3, -0.25) is 19.7 Å². The highest BCUT2D eigenvalue weighted by atomic mass is 35.5. The summed E-state index contributed by atoms with van der Waals surface area (Å²) in [6.45, 7) is 0.805. The molecule has 3 aromatic carbocycles. The van der Waals surface area contributed by atoms with Gasteiger partial charge >= 0.3 is 0 Å². The zero-order valence-corrected chi connectivity index (χ0v) is 21.8. The van der Waals surface area contributed by atoms with Gasteiger partial charge in [0, 0.05) is 34.8 Å². The van der Waals surface area contributed by atoms with E-state index in [1.165, 1.54) is 4.90 Å². The van der Waals surface area contributed by atoms with Crippen LogP contribution in [-0.4, -0.2) is 42.0 Å². The van der Waals surface area contributed by atoms with E-state index in [0.29, 0.717) is 53.1 Å². The van der Waals surface area contributed by atoms with E-state index >= 15 is 0 Å². The third kappa shape index (κ3) is 3.04. The van der Waals surface area contributed by atoms with Crippen molar-refractivity contribution in [3.05, 3.63) is 83.0 Å². The molecule has 2 fully saturated rings. The number of hydrogen-bond donors (Lipinski definition) is 3. The summed E-state index contributed by atoms with van der Waals surface area (Å²) in [6, 6.07) is 17.7. The molecule has 4 aliphatic rings. The van der Waals surface area contributed by atoms with Crippen LogP contribution in [0.4, 0.5) is 11.4 Å². The van der Waals surface area contributed by atoms with Gasteiger partial charge in [0.2, 0.25) is 17.7 Å². The van der Waals surface area contributed by atoms with Crippen LogP contribution in [0.3, 0.4) is 0 Å². The molecule has 4 aliphatic heterocycles. The van der Waals surface area contributed by atoms with Gasteiger partial charge in [-0.1, -0.05) is 41.9 Å². The summed E-state index contributed by atoms with van der Waals surface area (Å²) >= 11 is 6.48. The van der Waals surface area contributed by atoms with Crippen LogP contribution >= 0.6 is 11.6 Å². The number of para-hydroxylation sites is 2. The molecule has 40 heavy (non-hydrogen) atoms. The van der Waals surface area contributed by atoms with Gasteiger partial charge in [-0.15, -0.1) is 0 Å². The van der Waals surface area contributed by atoms with Crippen molar-refractivity contribution >= 4 is 51.6 Å². The predicted octanol–water partition coefficient (Wildman–Crippen LogP) is 3.76. The lowest BCUT2D eigenvalue weighted by molar-refractivity contribution is -0.130. The van der Waals surface area contributed by atoms with Crippen molar-refractivity contribution in [1.29, 1.82) is 0 Å². The first-order valence-corrected chi connectivity index (χ1v) is 13.6. The molecule has 10 heteroatoms. The molecule has 3 amide bonds. The third-order valence-electron chi connectivity index (χ3n) is 8.60. The molecule has 0 unspecified atom stereocenters. The zero-order valence-electron chi connectivity index (χ0n) is 21.1. The van der Waals surface area contributed by atoms with Gasteiger partial charge in [0.15, 0.2) is 11.5 Å². The van der Waals surface area contributed by atoms with Crippen molar-refractivity contribution < 1.29 is 23.9 Å². The number of fused-ring (bicyclic) bond motifs is 6. The van der Waals surface area contributed by atoms with Gasteiger partial charge < -0.3 is 19.8 Å². The average Bonchev–Trinajstić information content (AvgIpc) is 3.68. The Labute approximate surface area is 233 Å². The lowest BCUT2D eigenvalue weighted by atomic mass is 9.76. The summed E-state index contributed by atoms with van der Waals surface area (Å²) < 4.78 is 11.4. The first kappa shape index (κ1) is 23.5. The second-order valence-electron chi connectivity index (χ2n) is 10.6. The number of nitrogens with one attached hydrogen (secondary N) is 3. The molecule has 5 heterocycles. The van der Waals surface area contributed by atoms with Crippen LogP contribution in [0.1, 0.15) is 11.1 Å². The maximum absolute atomic E-state index is 14.3. The normalized spacial score (nSPS) is 26.5. The van der Waals surface area contributed by atoms with Crippen LogP contribution in [0, 0.1) is 11.8 Å². The van der Waals surface area contributed by atoms with E-state index in [1.54, 1.807) is 36.4 Å². The predicted molar refractivity (Wildman–Crippen MR) is 148 cm³/mol. The van der Waals surface area contributed by atoms with Crippen molar-refractivity contribution in [3.63, 3.8) is 0 Å². The molecule has 8 rings (SSSR count). The van der Waals surface area contributed by atoms with Crippen LogP contribution in [0.25, 0.3) is 10.9 Å². The number of carbonyl (C=O) groups excluding carboxylic acids is 3. The van der Waals surface area contributed by atoms with Crippen LogP contribution in [0.15, 0.2) is 66.9 Å². The SMILES string of the molecule is O=C1[C@H]2[C@@H](C(=O)N1c1ccc3c(c1)OCCO3)[C@]1(N[C@@H]2Cc2c[nH]c3ccccc23)C(=O)Nc2c(Cl)cccc21. The first-order chi connectivity index (χ1) is 19.5. The molecule has 4 aromatic rings. The largest absolute Gasteiger partial charge is 0.486 e. The van der Waals surface area contributed by atoms with E-state index in [-0.39, 0.29) is 5.91 Å². The van der Waals surface area contributed by atoms with E-state index in [4.69, 9.17) is 21.1 Å². The molecule has 0 radical (unpaired) electrons. The monoisotopic (exact) mass is 554 g/mol. The second-order valence-corrected chi connectivity index (χ2v) is 11.0. The Kier molecular flexibility index (Phi) is 4.90. The Hall–Kier alpha value is -4.34. The molecular formula is C30H23ClN4O5. The first-order valence-electron chi connectivity index (χ1n) is 13.2. The number of aromatic nitrogens is 1. The van der Waals surface area contributed by atoms with Crippen molar-refractivity contribution in [2.45, 2.75) is 18.0 Å². The van der Waals surface area contributed by atoms with E-state index in [9.17, 15) is 14.4 Å². The van der Waals surface area contributed by atoms with Crippen LogP contribution in [-0.2, 0) is 26.3 Å².